The molecule has 0 atom stereocenters. The Kier molecular flexibility index (Phi) is 5.46. The molecule has 0 saturated carbocycles. The predicted molar refractivity (Wildman–Crippen MR) is 113 cm³/mol. The summed E-state index contributed by atoms with van der Waals surface area (Å²) in [5, 5.41) is 3.61. The third kappa shape index (κ3) is 3.82. The van der Waals surface area contributed by atoms with Gasteiger partial charge in [0.05, 0.1) is 12.2 Å². The fraction of sp³-hybridized carbons (Fsp3) is 0.476. The Morgan fingerprint density at radius 2 is 2.00 bits per heavy atom. The Balaban J connectivity index is 1.49. The second kappa shape index (κ2) is 8.01. The highest BCUT2D eigenvalue weighted by Crippen LogP contribution is 2.35. The van der Waals surface area contributed by atoms with Crippen molar-refractivity contribution in [2.45, 2.75) is 39.5 Å². The number of aryl methyl sites for hydroxylation is 1. The van der Waals surface area contributed by atoms with Gasteiger partial charge in [-0.05, 0) is 57.0 Å². The molecule has 0 spiro atoms. The molecule has 2 aliphatic heterocycles. The molecule has 1 fully saturated rings. The van der Waals surface area contributed by atoms with Crippen LogP contribution in [0.5, 0.6) is 0 Å². The number of rotatable bonds is 5. The van der Waals surface area contributed by atoms with Crippen LogP contribution in [0.4, 0.5) is 10.8 Å². The molecule has 1 aromatic carbocycles. The van der Waals surface area contributed by atoms with E-state index in [0.717, 1.165) is 47.9 Å². The minimum atomic E-state index is 0.00451. The minimum Gasteiger partial charge on any atom is -0.312 e. The number of amides is 2. The van der Waals surface area contributed by atoms with E-state index in [2.05, 4.69) is 21.3 Å². The molecule has 7 heteroatoms. The van der Waals surface area contributed by atoms with Gasteiger partial charge in [0, 0.05) is 29.1 Å². The molecule has 6 nitrogen and oxygen atoms in total. The number of nitrogens with zero attached hydrogens (tertiary/aromatic N) is 3. The second-order valence-corrected chi connectivity index (χ2v) is 8.65. The monoisotopic (exact) mass is 398 g/mol. The molecule has 0 aliphatic carbocycles. The highest BCUT2D eigenvalue weighted by molar-refractivity contribution is 7.16. The largest absolute Gasteiger partial charge is 0.312 e. The van der Waals surface area contributed by atoms with Gasteiger partial charge >= 0.3 is 0 Å². The SMILES string of the molecule is CCC(=O)N1CCc2cc(-c3nc(NC(=O)CN4CCCC4)sc3C)ccc21. The molecule has 0 bridgehead atoms. The number of carbonyl (C=O) groups excluding carboxylic acids is 2. The Morgan fingerprint density at radius 3 is 2.75 bits per heavy atom. The van der Waals surface area contributed by atoms with Crippen molar-refractivity contribution in [3.8, 4) is 11.3 Å². The summed E-state index contributed by atoms with van der Waals surface area (Å²) in [6, 6.07) is 6.18. The van der Waals surface area contributed by atoms with Crippen LogP contribution in [-0.2, 0) is 16.0 Å². The van der Waals surface area contributed by atoms with Crippen LogP contribution in [0.2, 0.25) is 0 Å². The van der Waals surface area contributed by atoms with E-state index in [9.17, 15) is 9.59 Å². The molecule has 1 saturated heterocycles. The van der Waals surface area contributed by atoms with Gasteiger partial charge in [-0.2, -0.15) is 0 Å². The Hall–Kier alpha value is -2.25. The normalized spacial score (nSPS) is 16.4. The maximum Gasteiger partial charge on any atom is 0.240 e. The fourth-order valence-corrected chi connectivity index (χ4v) is 4.87. The first-order chi connectivity index (χ1) is 13.5. The first kappa shape index (κ1) is 19.1. The van der Waals surface area contributed by atoms with Crippen molar-refractivity contribution in [1.82, 2.24) is 9.88 Å². The van der Waals surface area contributed by atoms with Gasteiger partial charge in [-0.1, -0.05) is 13.0 Å². The smallest absolute Gasteiger partial charge is 0.240 e. The number of fused-ring (bicyclic) bond motifs is 1. The van der Waals surface area contributed by atoms with Gasteiger partial charge in [0.25, 0.3) is 0 Å². The molecule has 2 aliphatic rings. The van der Waals surface area contributed by atoms with Crippen LogP contribution < -0.4 is 10.2 Å². The molecule has 4 rings (SSSR count). The Morgan fingerprint density at radius 1 is 1.21 bits per heavy atom. The van der Waals surface area contributed by atoms with Crippen molar-refractivity contribution in [2.75, 3.05) is 36.4 Å². The molecule has 1 N–H and O–H groups in total. The zero-order valence-electron chi connectivity index (χ0n) is 16.5. The highest BCUT2D eigenvalue weighted by Gasteiger charge is 2.24. The molecule has 0 radical (unpaired) electrons. The van der Waals surface area contributed by atoms with Crippen molar-refractivity contribution >= 4 is 34.0 Å². The number of likely N-dealkylation sites (tertiary alicyclic amines) is 1. The van der Waals surface area contributed by atoms with E-state index in [4.69, 9.17) is 0 Å². The maximum atomic E-state index is 12.3. The number of benzene rings is 1. The lowest BCUT2D eigenvalue weighted by Crippen LogP contribution is -2.30. The van der Waals surface area contributed by atoms with Gasteiger partial charge in [-0.25, -0.2) is 4.98 Å². The molecule has 0 unspecified atom stereocenters. The molecule has 2 aromatic rings. The first-order valence-corrected chi connectivity index (χ1v) is 10.8. The van der Waals surface area contributed by atoms with E-state index >= 15 is 0 Å². The number of thiazole rings is 1. The number of anilines is 2. The summed E-state index contributed by atoms with van der Waals surface area (Å²) in [5.41, 5.74) is 4.15. The number of hydrogen-bond donors (Lipinski definition) is 1. The van der Waals surface area contributed by atoms with E-state index in [-0.39, 0.29) is 11.8 Å². The number of nitrogens with one attached hydrogen (secondary N) is 1. The lowest BCUT2D eigenvalue weighted by Gasteiger charge is -2.16. The van der Waals surface area contributed by atoms with Gasteiger partial charge in [0.15, 0.2) is 5.13 Å². The van der Waals surface area contributed by atoms with E-state index in [1.807, 2.05) is 30.9 Å². The number of aromatic nitrogens is 1. The molecular formula is C21H26N4O2S. The number of carbonyl (C=O) groups is 2. The zero-order valence-corrected chi connectivity index (χ0v) is 17.3. The Bertz CT molecular complexity index is 902. The zero-order chi connectivity index (χ0) is 19.7. The fourth-order valence-electron chi connectivity index (χ4n) is 4.02. The van der Waals surface area contributed by atoms with Crippen LogP contribution in [0, 0.1) is 6.92 Å². The van der Waals surface area contributed by atoms with Gasteiger partial charge in [0.1, 0.15) is 0 Å². The van der Waals surface area contributed by atoms with Crippen molar-refractivity contribution in [1.29, 1.82) is 0 Å². The van der Waals surface area contributed by atoms with E-state index in [1.165, 1.54) is 29.7 Å². The summed E-state index contributed by atoms with van der Waals surface area (Å²) in [5.74, 6) is 0.171. The van der Waals surface area contributed by atoms with Crippen LogP contribution in [0.15, 0.2) is 18.2 Å². The predicted octanol–water partition coefficient (Wildman–Crippen LogP) is 3.45. The number of hydrogen-bond acceptors (Lipinski definition) is 5. The van der Waals surface area contributed by atoms with E-state index in [0.29, 0.717) is 18.1 Å². The van der Waals surface area contributed by atoms with E-state index in [1.54, 1.807) is 0 Å². The van der Waals surface area contributed by atoms with Crippen LogP contribution in [0.3, 0.4) is 0 Å². The van der Waals surface area contributed by atoms with Crippen molar-refractivity contribution in [3.05, 3.63) is 28.6 Å². The topological polar surface area (TPSA) is 65.5 Å². The minimum absolute atomic E-state index is 0.00451. The lowest BCUT2D eigenvalue weighted by molar-refractivity contribution is -0.118. The molecule has 28 heavy (non-hydrogen) atoms. The van der Waals surface area contributed by atoms with Crippen LogP contribution >= 0.6 is 11.3 Å². The quantitative estimate of drug-likeness (QED) is 0.838. The second-order valence-electron chi connectivity index (χ2n) is 7.45. The van der Waals surface area contributed by atoms with E-state index < -0.39 is 0 Å². The van der Waals surface area contributed by atoms with Crippen LogP contribution in [0.25, 0.3) is 11.3 Å². The van der Waals surface area contributed by atoms with Crippen molar-refractivity contribution in [3.63, 3.8) is 0 Å². The van der Waals surface area contributed by atoms with Gasteiger partial charge < -0.3 is 10.2 Å². The van der Waals surface area contributed by atoms with Crippen molar-refractivity contribution in [2.24, 2.45) is 0 Å². The third-order valence-electron chi connectivity index (χ3n) is 5.46. The first-order valence-electron chi connectivity index (χ1n) is 9.98. The van der Waals surface area contributed by atoms with Crippen LogP contribution in [0.1, 0.15) is 36.6 Å². The summed E-state index contributed by atoms with van der Waals surface area (Å²) in [7, 11) is 0. The third-order valence-corrected chi connectivity index (χ3v) is 6.35. The lowest BCUT2D eigenvalue weighted by atomic mass is 10.1. The summed E-state index contributed by atoms with van der Waals surface area (Å²) >= 11 is 1.51. The van der Waals surface area contributed by atoms with Crippen molar-refractivity contribution < 1.29 is 9.59 Å². The van der Waals surface area contributed by atoms with Gasteiger partial charge in [0.2, 0.25) is 11.8 Å². The molecular weight excluding hydrogens is 372 g/mol. The maximum absolute atomic E-state index is 12.3. The highest BCUT2D eigenvalue weighted by atomic mass is 32.1. The van der Waals surface area contributed by atoms with Gasteiger partial charge in [-0.15, -0.1) is 11.3 Å². The average molecular weight is 399 g/mol. The molecule has 2 amide bonds. The molecule has 148 valence electrons. The van der Waals surface area contributed by atoms with Gasteiger partial charge in [-0.3, -0.25) is 14.5 Å². The summed E-state index contributed by atoms with van der Waals surface area (Å²) in [6.07, 6.45) is 3.74. The molecule has 1 aromatic heterocycles. The standard InChI is InChI=1S/C21H26N4O2S/c1-3-19(27)25-11-8-15-12-16(6-7-17(15)25)20-14(2)28-21(23-20)22-18(26)13-24-9-4-5-10-24/h6-7,12H,3-5,8-11,13H2,1-2H3,(H,22,23,26). The average Bonchev–Trinajstić information content (AvgIpc) is 3.40. The molecule has 3 heterocycles. The summed E-state index contributed by atoms with van der Waals surface area (Å²) in [4.78, 5) is 34.2. The summed E-state index contributed by atoms with van der Waals surface area (Å²) < 4.78 is 0. The Labute approximate surface area is 169 Å². The van der Waals surface area contributed by atoms with Crippen LogP contribution in [-0.4, -0.2) is 47.9 Å². The summed E-state index contributed by atoms with van der Waals surface area (Å²) in [6.45, 7) is 7.12.